The van der Waals surface area contributed by atoms with Gasteiger partial charge in [-0.25, -0.2) is 18.5 Å². The second-order valence-electron chi connectivity index (χ2n) is 4.99. The Kier molecular flexibility index (Phi) is 6.51. The molecule has 0 saturated heterocycles. The van der Waals surface area contributed by atoms with Gasteiger partial charge in [0, 0.05) is 12.7 Å². The Morgan fingerprint density at radius 2 is 1.74 bits per heavy atom. The van der Waals surface area contributed by atoms with Crippen LogP contribution in [-0.2, 0) is 16.6 Å². The molecule has 0 amide bonds. The maximum Gasteiger partial charge on any atom is 0.257 e. The van der Waals surface area contributed by atoms with E-state index < -0.39 is 10.0 Å². The van der Waals surface area contributed by atoms with Crippen molar-refractivity contribution in [2.75, 3.05) is 0 Å². The van der Waals surface area contributed by atoms with Crippen molar-refractivity contribution < 1.29 is 8.42 Å². The van der Waals surface area contributed by atoms with Gasteiger partial charge in [0.25, 0.3) is 10.0 Å². The molecule has 0 radical (unpaired) electrons. The first-order chi connectivity index (χ1) is 8.95. The largest absolute Gasteiger partial charge is 0.334 e. The summed E-state index contributed by atoms with van der Waals surface area (Å²) in [7, 11) is -3.68. The molecule has 1 aromatic heterocycles. The number of rotatable bonds is 9. The van der Waals surface area contributed by atoms with Crippen molar-refractivity contribution >= 4 is 10.0 Å². The Morgan fingerprint density at radius 3 is 2.26 bits per heavy atom. The molecule has 5 nitrogen and oxygen atoms in total. The molecule has 0 fully saturated rings. The number of nitrogens with zero attached hydrogens (tertiary/aromatic N) is 2. The van der Waals surface area contributed by atoms with Crippen LogP contribution < -0.4 is 5.14 Å². The van der Waals surface area contributed by atoms with Crippen LogP contribution in [0.1, 0.15) is 57.7 Å². The Morgan fingerprint density at radius 1 is 1.16 bits per heavy atom. The van der Waals surface area contributed by atoms with Crippen molar-refractivity contribution in [3.05, 3.63) is 12.0 Å². The molecule has 0 saturated carbocycles. The molecule has 1 aromatic rings. The molecule has 1 rings (SSSR count). The van der Waals surface area contributed by atoms with E-state index in [9.17, 15) is 8.42 Å². The second kappa shape index (κ2) is 7.65. The number of nitrogens with two attached hydrogens (primary N) is 1. The first-order valence-corrected chi connectivity index (χ1v) is 8.56. The van der Waals surface area contributed by atoms with E-state index in [1.807, 2.05) is 4.57 Å². The summed E-state index contributed by atoms with van der Waals surface area (Å²) < 4.78 is 24.2. The van der Waals surface area contributed by atoms with Crippen LogP contribution in [0.5, 0.6) is 0 Å². The standard InChI is InChI=1S/C13H25N3O2S/c1-3-4-5-6-7-8-9-10-16-11-13(15-12(16)2)19(14,17)18/h11H,3-10H2,1-2H3,(H2,14,17,18). The number of aryl methyl sites for hydroxylation is 2. The van der Waals surface area contributed by atoms with Crippen LogP contribution in [0.25, 0.3) is 0 Å². The number of sulfonamides is 1. The maximum atomic E-state index is 11.2. The van der Waals surface area contributed by atoms with Gasteiger partial charge in [-0.2, -0.15) is 0 Å². The molecule has 0 spiro atoms. The normalized spacial score (nSPS) is 11.9. The molecule has 0 aromatic carbocycles. The van der Waals surface area contributed by atoms with E-state index >= 15 is 0 Å². The van der Waals surface area contributed by atoms with Crippen molar-refractivity contribution in [2.45, 2.75) is 70.4 Å². The molecule has 19 heavy (non-hydrogen) atoms. The highest BCUT2D eigenvalue weighted by Crippen LogP contribution is 2.11. The summed E-state index contributed by atoms with van der Waals surface area (Å²) in [4.78, 5) is 3.97. The molecule has 1 heterocycles. The average molecular weight is 287 g/mol. The first kappa shape index (κ1) is 16.2. The highest BCUT2D eigenvalue weighted by molar-refractivity contribution is 7.89. The number of hydrogen-bond donors (Lipinski definition) is 1. The fraction of sp³-hybridized carbons (Fsp3) is 0.769. The smallest absolute Gasteiger partial charge is 0.257 e. The summed E-state index contributed by atoms with van der Waals surface area (Å²) in [6, 6.07) is 0. The summed E-state index contributed by atoms with van der Waals surface area (Å²) in [5.74, 6) is 0.704. The lowest BCUT2D eigenvalue weighted by molar-refractivity contribution is 0.544. The predicted octanol–water partition coefficient (Wildman–Crippen LogP) is 2.59. The maximum absolute atomic E-state index is 11.2. The van der Waals surface area contributed by atoms with Crippen molar-refractivity contribution in [1.82, 2.24) is 9.55 Å². The number of aromatic nitrogens is 2. The molecule has 0 atom stereocenters. The molecular formula is C13H25N3O2S. The zero-order chi connectivity index (χ0) is 14.3. The third-order valence-electron chi connectivity index (χ3n) is 3.25. The second-order valence-corrected chi connectivity index (χ2v) is 6.49. The topological polar surface area (TPSA) is 78.0 Å². The van der Waals surface area contributed by atoms with Gasteiger partial charge in [-0.15, -0.1) is 0 Å². The van der Waals surface area contributed by atoms with E-state index in [-0.39, 0.29) is 5.03 Å². The molecule has 0 aliphatic carbocycles. The zero-order valence-corrected chi connectivity index (χ0v) is 12.7. The van der Waals surface area contributed by atoms with Crippen molar-refractivity contribution in [3.8, 4) is 0 Å². The molecule has 6 heteroatoms. The SMILES string of the molecule is CCCCCCCCCn1cc(S(N)(=O)=O)nc1C. The van der Waals surface area contributed by atoms with Gasteiger partial charge in [-0.05, 0) is 13.3 Å². The van der Waals surface area contributed by atoms with Crippen LogP contribution >= 0.6 is 0 Å². The first-order valence-electron chi connectivity index (χ1n) is 7.01. The summed E-state index contributed by atoms with van der Waals surface area (Å²) >= 11 is 0. The van der Waals surface area contributed by atoms with E-state index in [1.54, 1.807) is 6.92 Å². The number of hydrogen-bond acceptors (Lipinski definition) is 3. The summed E-state index contributed by atoms with van der Waals surface area (Å²) in [5, 5.41) is 5.02. The van der Waals surface area contributed by atoms with Gasteiger partial charge in [0.1, 0.15) is 5.82 Å². The molecule has 0 aliphatic heterocycles. The molecule has 110 valence electrons. The number of imidazole rings is 1. The summed E-state index contributed by atoms with van der Waals surface area (Å²) in [6.07, 6.45) is 10.2. The highest BCUT2D eigenvalue weighted by atomic mass is 32.2. The lowest BCUT2D eigenvalue weighted by atomic mass is 10.1. The molecule has 0 aliphatic rings. The van der Waals surface area contributed by atoms with E-state index in [1.165, 1.54) is 44.7 Å². The van der Waals surface area contributed by atoms with Crippen LogP contribution in [-0.4, -0.2) is 18.0 Å². The Balaban J connectivity index is 2.32. The predicted molar refractivity (Wildman–Crippen MR) is 76.3 cm³/mol. The van der Waals surface area contributed by atoms with E-state index in [0.717, 1.165) is 13.0 Å². The Bertz CT molecular complexity index is 480. The third-order valence-corrected chi connectivity index (χ3v) is 4.03. The molecule has 2 N–H and O–H groups in total. The minimum absolute atomic E-state index is 0.0343. The highest BCUT2D eigenvalue weighted by Gasteiger charge is 2.13. The van der Waals surface area contributed by atoms with E-state index in [0.29, 0.717) is 5.82 Å². The summed E-state index contributed by atoms with van der Waals surface area (Å²) in [6.45, 7) is 4.82. The van der Waals surface area contributed by atoms with Crippen LogP contribution in [0, 0.1) is 6.92 Å². The number of primary sulfonamides is 1. The van der Waals surface area contributed by atoms with Gasteiger partial charge in [0.2, 0.25) is 0 Å². The van der Waals surface area contributed by atoms with Crippen molar-refractivity contribution in [3.63, 3.8) is 0 Å². The van der Waals surface area contributed by atoms with E-state index in [2.05, 4.69) is 11.9 Å². The lowest BCUT2D eigenvalue weighted by Gasteiger charge is -2.04. The molecule has 0 bridgehead atoms. The van der Waals surface area contributed by atoms with Gasteiger partial charge in [-0.1, -0.05) is 45.4 Å². The summed E-state index contributed by atoms with van der Waals surface area (Å²) in [5.41, 5.74) is 0. The van der Waals surface area contributed by atoms with Crippen LogP contribution in [0.4, 0.5) is 0 Å². The Labute approximate surface area is 116 Å². The van der Waals surface area contributed by atoms with Crippen LogP contribution in [0.3, 0.4) is 0 Å². The lowest BCUT2D eigenvalue weighted by Crippen LogP contribution is -2.12. The van der Waals surface area contributed by atoms with Gasteiger partial charge in [-0.3, -0.25) is 0 Å². The average Bonchev–Trinajstić information content (AvgIpc) is 2.70. The fourth-order valence-electron chi connectivity index (χ4n) is 2.08. The third kappa shape index (κ3) is 5.74. The van der Waals surface area contributed by atoms with E-state index in [4.69, 9.17) is 5.14 Å². The van der Waals surface area contributed by atoms with Gasteiger partial charge < -0.3 is 4.57 Å². The van der Waals surface area contributed by atoms with Crippen molar-refractivity contribution in [2.24, 2.45) is 5.14 Å². The quantitative estimate of drug-likeness (QED) is 0.709. The van der Waals surface area contributed by atoms with Crippen LogP contribution in [0.15, 0.2) is 11.2 Å². The Hall–Kier alpha value is -0.880. The van der Waals surface area contributed by atoms with Gasteiger partial charge in [0.15, 0.2) is 5.03 Å². The molecular weight excluding hydrogens is 262 g/mol. The van der Waals surface area contributed by atoms with Crippen LogP contribution in [0.2, 0.25) is 0 Å². The van der Waals surface area contributed by atoms with Gasteiger partial charge >= 0.3 is 0 Å². The molecule has 0 unspecified atom stereocenters. The van der Waals surface area contributed by atoms with Crippen molar-refractivity contribution in [1.29, 1.82) is 0 Å². The zero-order valence-electron chi connectivity index (χ0n) is 11.9. The minimum Gasteiger partial charge on any atom is -0.334 e. The fourth-order valence-corrected chi connectivity index (χ4v) is 2.62. The van der Waals surface area contributed by atoms with Gasteiger partial charge in [0.05, 0.1) is 0 Å². The number of unbranched alkanes of at least 4 members (excludes halogenated alkanes) is 6. The monoisotopic (exact) mass is 287 g/mol. The minimum atomic E-state index is -3.68.